The number of amides is 1. The van der Waals surface area contributed by atoms with Gasteiger partial charge in [-0.2, -0.15) is 18.3 Å². The Bertz CT molecular complexity index is 1110. The SMILES string of the molecule is C[C@@H](NC(=O)C1=CC(N2CCC(C)(O)CC2)=NN2C1=NCC2(C)C)c1cccc(C(F)(F)F)c1F. The molecular formula is C24H29F4N5O2. The lowest BCUT2D eigenvalue weighted by Gasteiger charge is -2.40. The molecule has 0 unspecified atom stereocenters. The van der Waals surface area contributed by atoms with Crippen molar-refractivity contribution in [3.05, 3.63) is 46.8 Å². The summed E-state index contributed by atoms with van der Waals surface area (Å²) in [7, 11) is 0. The number of hydrogen-bond acceptors (Lipinski definition) is 6. The number of hydrazone groups is 1. The Kier molecular flexibility index (Phi) is 6.19. The van der Waals surface area contributed by atoms with E-state index >= 15 is 0 Å². The van der Waals surface area contributed by atoms with Crippen molar-refractivity contribution in [2.45, 2.75) is 63.9 Å². The molecule has 1 amide bonds. The second kappa shape index (κ2) is 8.61. The zero-order valence-electron chi connectivity index (χ0n) is 20.1. The summed E-state index contributed by atoms with van der Waals surface area (Å²) < 4.78 is 54.1. The van der Waals surface area contributed by atoms with Crippen LogP contribution in [-0.4, -0.2) is 63.4 Å². The van der Waals surface area contributed by atoms with Gasteiger partial charge in [0.25, 0.3) is 5.91 Å². The van der Waals surface area contributed by atoms with Gasteiger partial charge >= 0.3 is 6.18 Å². The van der Waals surface area contributed by atoms with E-state index in [4.69, 9.17) is 5.10 Å². The number of carbonyl (C=O) groups is 1. The number of alkyl halides is 3. The van der Waals surface area contributed by atoms with Crippen molar-refractivity contribution in [3.8, 4) is 0 Å². The van der Waals surface area contributed by atoms with Gasteiger partial charge in [-0.1, -0.05) is 12.1 Å². The Balaban J connectivity index is 1.61. The zero-order valence-corrected chi connectivity index (χ0v) is 20.1. The molecule has 0 aliphatic carbocycles. The molecule has 3 aliphatic heterocycles. The van der Waals surface area contributed by atoms with Gasteiger partial charge in [0, 0.05) is 18.7 Å². The third kappa shape index (κ3) is 4.91. The van der Waals surface area contributed by atoms with Crippen LogP contribution in [0, 0.1) is 5.82 Å². The van der Waals surface area contributed by atoms with Crippen molar-refractivity contribution in [3.63, 3.8) is 0 Å². The highest BCUT2D eigenvalue weighted by Crippen LogP contribution is 2.34. The smallest absolute Gasteiger partial charge is 0.390 e. The highest BCUT2D eigenvalue weighted by molar-refractivity contribution is 6.25. The largest absolute Gasteiger partial charge is 0.419 e. The normalized spacial score (nSPS) is 22.1. The minimum Gasteiger partial charge on any atom is -0.390 e. The Morgan fingerprint density at radius 1 is 1.20 bits per heavy atom. The number of rotatable bonds is 3. The molecule has 0 saturated carbocycles. The highest BCUT2D eigenvalue weighted by Gasteiger charge is 2.42. The topological polar surface area (TPSA) is 80.5 Å². The molecule has 0 aromatic heterocycles. The summed E-state index contributed by atoms with van der Waals surface area (Å²) >= 11 is 0. The van der Waals surface area contributed by atoms with E-state index in [9.17, 15) is 27.5 Å². The second-order valence-electron chi connectivity index (χ2n) is 10.2. The maximum Gasteiger partial charge on any atom is 0.419 e. The standard InChI is InChI=1S/C24H29F4N5O2/c1-14(15-6-5-7-17(19(15)25)24(26,27)28)30-21(34)16-12-18(32-10-8-23(4,35)9-11-32)31-33-20(16)29-13-22(33,2)3/h5-7,12,14,35H,8-11,13H2,1-4H3,(H,30,34)/t14-/m1/s1. The summed E-state index contributed by atoms with van der Waals surface area (Å²) in [4.78, 5) is 19.8. The van der Waals surface area contributed by atoms with Gasteiger partial charge in [0.1, 0.15) is 11.7 Å². The maximum atomic E-state index is 14.6. The molecule has 1 aromatic rings. The summed E-state index contributed by atoms with van der Waals surface area (Å²) in [5.74, 6) is -1.10. The molecule has 1 atom stereocenters. The zero-order chi connectivity index (χ0) is 25.8. The van der Waals surface area contributed by atoms with E-state index in [0.29, 0.717) is 50.2 Å². The average molecular weight is 496 g/mol. The van der Waals surface area contributed by atoms with Gasteiger partial charge < -0.3 is 15.3 Å². The van der Waals surface area contributed by atoms with Gasteiger partial charge in [0.2, 0.25) is 0 Å². The first-order valence-corrected chi connectivity index (χ1v) is 11.5. The average Bonchev–Trinajstić information content (AvgIpc) is 3.07. The third-order valence-corrected chi connectivity index (χ3v) is 6.66. The number of aliphatic imine (C=N–C) groups is 1. The van der Waals surface area contributed by atoms with Crippen LogP contribution in [0.15, 0.2) is 39.9 Å². The third-order valence-electron chi connectivity index (χ3n) is 6.66. The number of fused-ring (bicyclic) bond motifs is 1. The van der Waals surface area contributed by atoms with E-state index in [1.165, 1.54) is 13.0 Å². The Morgan fingerprint density at radius 2 is 1.86 bits per heavy atom. The molecule has 4 rings (SSSR count). The number of aliphatic hydroxyl groups is 1. The number of halogens is 4. The van der Waals surface area contributed by atoms with Crippen LogP contribution in [0.25, 0.3) is 0 Å². The molecule has 11 heteroatoms. The van der Waals surface area contributed by atoms with Crippen LogP contribution in [0.5, 0.6) is 0 Å². The number of hydrogen-bond donors (Lipinski definition) is 2. The predicted octanol–water partition coefficient (Wildman–Crippen LogP) is 3.61. The lowest BCUT2D eigenvalue weighted by molar-refractivity contribution is -0.140. The summed E-state index contributed by atoms with van der Waals surface area (Å²) in [5.41, 5.74) is -2.68. The number of piperidine rings is 1. The monoisotopic (exact) mass is 495 g/mol. The Morgan fingerprint density at radius 3 is 2.49 bits per heavy atom. The molecule has 190 valence electrons. The van der Waals surface area contributed by atoms with Crippen molar-refractivity contribution in [1.82, 2.24) is 15.2 Å². The first kappa shape index (κ1) is 25.2. The van der Waals surface area contributed by atoms with Crippen LogP contribution >= 0.6 is 0 Å². The van der Waals surface area contributed by atoms with E-state index in [-0.39, 0.29) is 11.1 Å². The number of amidine groups is 2. The summed E-state index contributed by atoms with van der Waals surface area (Å²) in [5, 5.41) is 19.3. The van der Waals surface area contributed by atoms with Gasteiger partial charge in [-0.3, -0.25) is 9.79 Å². The number of likely N-dealkylation sites (tertiary alicyclic amines) is 1. The molecular weight excluding hydrogens is 466 g/mol. The van der Waals surface area contributed by atoms with Crippen molar-refractivity contribution in [2.24, 2.45) is 10.1 Å². The Labute approximate surface area is 201 Å². The maximum absolute atomic E-state index is 14.6. The first-order valence-electron chi connectivity index (χ1n) is 11.5. The molecule has 0 radical (unpaired) electrons. The van der Waals surface area contributed by atoms with Gasteiger partial charge in [-0.05, 0) is 52.7 Å². The van der Waals surface area contributed by atoms with Gasteiger partial charge in [0.15, 0.2) is 5.84 Å². The van der Waals surface area contributed by atoms with Crippen LogP contribution in [-0.2, 0) is 11.0 Å². The van der Waals surface area contributed by atoms with Crippen molar-refractivity contribution in [1.29, 1.82) is 0 Å². The molecule has 3 aliphatic rings. The lowest BCUT2D eigenvalue weighted by atomic mass is 9.93. The summed E-state index contributed by atoms with van der Waals surface area (Å²) in [6.45, 7) is 8.58. The minimum atomic E-state index is -4.84. The van der Waals surface area contributed by atoms with Crippen molar-refractivity contribution in [2.75, 3.05) is 19.6 Å². The fraction of sp³-hybridized carbons (Fsp3) is 0.542. The predicted molar refractivity (Wildman–Crippen MR) is 123 cm³/mol. The van der Waals surface area contributed by atoms with Crippen LogP contribution in [0.4, 0.5) is 17.6 Å². The molecule has 1 fully saturated rings. The van der Waals surface area contributed by atoms with E-state index in [2.05, 4.69) is 10.3 Å². The van der Waals surface area contributed by atoms with Crippen molar-refractivity contribution >= 4 is 17.6 Å². The van der Waals surface area contributed by atoms with Crippen LogP contribution in [0.1, 0.15) is 57.7 Å². The van der Waals surface area contributed by atoms with E-state index < -0.39 is 40.6 Å². The molecule has 0 spiro atoms. The fourth-order valence-corrected chi connectivity index (χ4v) is 4.39. The number of benzene rings is 1. The Hall–Kier alpha value is -2.95. The molecule has 1 saturated heterocycles. The number of carbonyl (C=O) groups excluding carboxylic acids is 1. The van der Waals surface area contributed by atoms with Crippen molar-refractivity contribution < 1.29 is 27.5 Å². The van der Waals surface area contributed by atoms with Gasteiger partial charge in [-0.25, -0.2) is 9.40 Å². The molecule has 3 heterocycles. The van der Waals surface area contributed by atoms with Crippen LogP contribution < -0.4 is 5.32 Å². The van der Waals surface area contributed by atoms with Gasteiger partial charge in [-0.15, -0.1) is 0 Å². The first-order chi connectivity index (χ1) is 16.2. The number of nitrogens with zero attached hydrogens (tertiary/aromatic N) is 4. The minimum absolute atomic E-state index is 0.206. The van der Waals surface area contributed by atoms with Gasteiger partial charge in [0.05, 0.1) is 34.9 Å². The summed E-state index contributed by atoms with van der Waals surface area (Å²) in [6, 6.07) is 1.98. The molecule has 7 nitrogen and oxygen atoms in total. The van der Waals surface area contributed by atoms with Crippen LogP contribution in [0.3, 0.4) is 0 Å². The van der Waals surface area contributed by atoms with Crippen LogP contribution in [0.2, 0.25) is 0 Å². The molecule has 1 aromatic carbocycles. The molecule has 0 bridgehead atoms. The van der Waals surface area contributed by atoms with E-state index in [0.717, 1.165) is 6.07 Å². The fourth-order valence-electron chi connectivity index (χ4n) is 4.39. The molecule has 2 N–H and O–H groups in total. The quantitative estimate of drug-likeness (QED) is 0.628. The van der Waals surface area contributed by atoms with E-state index in [1.54, 1.807) is 18.0 Å². The number of nitrogens with one attached hydrogen (secondary N) is 1. The van der Waals surface area contributed by atoms with E-state index in [1.807, 2.05) is 18.7 Å². The summed E-state index contributed by atoms with van der Waals surface area (Å²) in [6.07, 6.45) is -2.17. The molecule has 35 heavy (non-hydrogen) atoms. The second-order valence-corrected chi connectivity index (χ2v) is 10.2. The lowest BCUT2D eigenvalue weighted by Crippen LogP contribution is -2.50. The highest BCUT2D eigenvalue weighted by atomic mass is 19.4.